The summed E-state index contributed by atoms with van der Waals surface area (Å²) in [5.41, 5.74) is 0.788. The molecule has 0 aliphatic carbocycles. The molecule has 3 amide bonds. The Hall–Kier alpha value is -2.31. The quantitative estimate of drug-likeness (QED) is 0.829. The molecular formula is C14H21N5O2. The summed E-state index contributed by atoms with van der Waals surface area (Å²) in [6, 6.07) is 5.27. The Morgan fingerprint density at radius 2 is 2.24 bits per heavy atom. The molecule has 0 aromatic carbocycles. The average Bonchev–Trinajstić information content (AvgIpc) is 2.75. The summed E-state index contributed by atoms with van der Waals surface area (Å²) in [7, 11) is 5.57. The molecule has 114 valence electrons. The van der Waals surface area contributed by atoms with Crippen LogP contribution in [-0.4, -0.2) is 55.6 Å². The summed E-state index contributed by atoms with van der Waals surface area (Å²) < 4.78 is 0. The summed E-state index contributed by atoms with van der Waals surface area (Å²) in [4.78, 5) is 31.1. The van der Waals surface area contributed by atoms with Crippen molar-refractivity contribution in [1.82, 2.24) is 20.5 Å². The lowest BCUT2D eigenvalue weighted by molar-refractivity contribution is -0.126. The third-order valence-corrected chi connectivity index (χ3v) is 3.36. The van der Waals surface area contributed by atoms with Crippen LogP contribution in [0.2, 0.25) is 0 Å². The van der Waals surface area contributed by atoms with Gasteiger partial charge in [-0.05, 0) is 12.1 Å². The minimum atomic E-state index is -0.278. The number of anilines is 1. The summed E-state index contributed by atoms with van der Waals surface area (Å²) in [6.07, 6.45) is 0.359. The SMILES string of the molecule is CN1CC(NC(=O)NCc2cccc(N(C)C)n2)CC1=O. The number of nitrogens with zero attached hydrogens (tertiary/aromatic N) is 3. The lowest BCUT2D eigenvalue weighted by Gasteiger charge is -2.14. The van der Waals surface area contributed by atoms with Crippen LogP contribution in [0.25, 0.3) is 0 Å². The fourth-order valence-corrected chi connectivity index (χ4v) is 2.18. The van der Waals surface area contributed by atoms with E-state index in [9.17, 15) is 9.59 Å². The summed E-state index contributed by atoms with van der Waals surface area (Å²) in [5.74, 6) is 0.901. The van der Waals surface area contributed by atoms with Gasteiger partial charge in [0.1, 0.15) is 5.82 Å². The Balaban J connectivity index is 1.81. The monoisotopic (exact) mass is 291 g/mol. The van der Waals surface area contributed by atoms with Crippen molar-refractivity contribution in [3.8, 4) is 0 Å². The molecule has 7 heteroatoms. The molecule has 2 rings (SSSR count). The zero-order valence-corrected chi connectivity index (χ0v) is 12.6. The first kappa shape index (κ1) is 15.1. The van der Waals surface area contributed by atoms with Crippen molar-refractivity contribution in [2.45, 2.75) is 19.0 Å². The van der Waals surface area contributed by atoms with Crippen molar-refractivity contribution in [1.29, 1.82) is 0 Å². The number of hydrogen-bond acceptors (Lipinski definition) is 4. The minimum absolute atomic E-state index is 0.0562. The Bertz CT molecular complexity index is 532. The number of nitrogens with one attached hydrogen (secondary N) is 2. The lowest BCUT2D eigenvalue weighted by atomic mass is 10.2. The van der Waals surface area contributed by atoms with Gasteiger partial charge in [0, 0.05) is 34.1 Å². The van der Waals surface area contributed by atoms with E-state index >= 15 is 0 Å². The first-order valence-electron chi connectivity index (χ1n) is 6.87. The van der Waals surface area contributed by atoms with Crippen molar-refractivity contribution in [2.24, 2.45) is 0 Å². The number of rotatable bonds is 4. The van der Waals surface area contributed by atoms with Crippen LogP contribution in [0.1, 0.15) is 12.1 Å². The van der Waals surface area contributed by atoms with Gasteiger partial charge < -0.3 is 20.4 Å². The smallest absolute Gasteiger partial charge is 0.315 e. The van der Waals surface area contributed by atoms with Gasteiger partial charge in [0.15, 0.2) is 0 Å². The fourth-order valence-electron chi connectivity index (χ4n) is 2.18. The molecule has 21 heavy (non-hydrogen) atoms. The predicted molar refractivity (Wildman–Crippen MR) is 80.0 cm³/mol. The fraction of sp³-hybridized carbons (Fsp3) is 0.500. The van der Waals surface area contributed by atoms with E-state index in [4.69, 9.17) is 0 Å². The van der Waals surface area contributed by atoms with Crippen LogP contribution < -0.4 is 15.5 Å². The second-order valence-electron chi connectivity index (χ2n) is 5.38. The second kappa shape index (κ2) is 6.43. The van der Waals surface area contributed by atoms with Crippen molar-refractivity contribution >= 4 is 17.8 Å². The highest BCUT2D eigenvalue weighted by atomic mass is 16.2. The third-order valence-electron chi connectivity index (χ3n) is 3.36. The Kier molecular flexibility index (Phi) is 4.62. The molecule has 0 spiro atoms. The topological polar surface area (TPSA) is 77.6 Å². The van der Waals surface area contributed by atoms with Gasteiger partial charge in [0.25, 0.3) is 0 Å². The highest BCUT2D eigenvalue weighted by molar-refractivity contribution is 5.81. The molecule has 7 nitrogen and oxygen atoms in total. The standard InChI is InChI=1S/C14H21N5O2/c1-18(2)12-6-4-5-10(16-12)8-15-14(21)17-11-7-13(20)19(3)9-11/h4-6,11H,7-9H2,1-3H3,(H2,15,17,21). The molecule has 0 radical (unpaired) electrons. The molecule has 1 atom stereocenters. The van der Waals surface area contributed by atoms with Crippen molar-refractivity contribution in [2.75, 3.05) is 32.6 Å². The number of carbonyl (C=O) groups is 2. The number of pyridine rings is 1. The van der Waals surface area contributed by atoms with Crippen LogP contribution in [-0.2, 0) is 11.3 Å². The highest BCUT2D eigenvalue weighted by Crippen LogP contribution is 2.09. The van der Waals surface area contributed by atoms with Crippen molar-refractivity contribution < 1.29 is 9.59 Å². The molecule has 0 bridgehead atoms. The largest absolute Gasteiger partial charge is 0.363 e. The molecular weight excluding hydrogens is 270 g/mol. The van der Waals surface area contributed by atoms with E-state index in [-0.39, 0.29) is 18.0 Å². The maximum atomic E-state index is 11.8. The molecule has 0 saturated carbocycles. The number of aromatic nitrogens is 1. The first-order chi connectivity index (χ1) is 9.95. The first-order valence-corrected chi connectivity index (χ1v) is 6.87. The van der Waals surface area contributed by atoms with E-state index in [0.717, 1.165) is 11.5 Å². The third kappa shape index (κ3) is 4.08. The number of urea groups is 1. The van der Waals surface area contributed by atoms with Crippen LogP contribution in [0, 0.1) is 0 Å². The molecule has 1 aliphatic rings. The molecule has 1 aromatic heterocycles. The average molecular weight is 291 g/mol. The van der Waals surface area contributed by atoms with E-state index in [2.05, 4.69) is 15.6 Å². The Morgan fingerprint density at radius 3 is 2.86 bits per heavy atom. The lowest BCUT2D eigenvalue weighted by Crippen LogP contribution is -2.42. The van der Waals surface area contributed by atoms with Crippen molar-refractivity contribution in [3.05, 3.63) is 23.9 Å². The van der Waals surface area contributed by atoms with Gasteiger partial charge in [-0.2, -0.15) is 0 Å². The van der Waals surface area contributed by atoms with E-state index < -0.39 is 0 Å². The molecule has 1 aliphatic heterocycles. The Morgan fingerprint density at radius 1 is 1.48 bits per heavy atom. The van der Waals surface area contributed by atoms with Crippen LogP contribution in [0.4, 0.5) is 10.6 Å². The molecule has 1 saturated heterocycles. The second-order valence-corrected chi connectivity index (χ2v) is 5.38. The van der Waals surface area contributed by atoms with Crippen LogP contribution >= 0.6 is 0 Å². The van der Waals surface area contributed by atoms with Crippen LogP contribution in [0.3, 0.4) is 0 Å². The molecule has 1 unspecified atom stereocenters. The summed E-state index contributed by atoms with van der Waals surface area (Å²) in [6.45, 7) is 0.907. The molecule has 2 heterocycles. The van der Waals surface area contributed by atoms with Gasteiger partial charge in [0.05, 0.1) is 18.3 Å². The highest BCUT2D eigenvalue weighted by Gasteiger charge is 2.27. The summed E-state index contributed by atoms with van der Waals surface area (Å²) >= 11 is 0. The van der Waals surface area contributed by atoms with Gasteiger partial charge in [0.2, 0.25) is 5.91 Å². The molecule has 1 fully saturated rings. The number of likely N-dealkylation sites (tertiary alicyclic amines) is 1. The maximum absolute atomic E-state index is 11.8. The van der Waals surface area contributed by atoms with E-state index in [1.807, 2.05) is 37.2 Å². The minimum Gasteiger partial charge on any atom is -0.363 e. The van der Waals surface area contributed by atoms with E-state index in [1.54, 1.807) is 11.9 Å². The van der Waals surface area contributed by atoms with Gasteiger partial charge in [-0.3, -0.25) is 4.79 Å². The summed E-state index contributed by atoms with van der Waals surface area (Å²) in [5, 5.41) is 5.56. The Labute approximate surface area is 124 Å². The van der Waals surface area contributed by atoms with Crippen molar-refractivity contribution in [3.63, 3.8) is 0 Å². The number of likely N-dealkylation sites (N-methyl/N-ethyl adjacent to an activating group) is 1. The molecule has 1 aromatic rings. The predicted octanol–water partition coefficient (Wildman–Crippen LogP) is 0.177. The van der Waals surface area contributed by atoms with Gasteiger partial charge in [-0.1, -0.05) is 6.07 Å². The zero-order valence-electron chi connectivity index (χ0n) is 12.6. The normalized spacial score (nSPS) is 17.8. The zero-order chi connectivity index (χ0) is 15.4. The van der Waals surface area contributed by atoms with Crippen LogP contribution in [0.15, 0.2) is 18.2 Å². The maximum Gasteiger partial charge on any atom is 0.315 e. The van der Waals surface area contributed by atoms with Gasteiger partial charge in [-0.25, -0.2) is 9.78 Å². The molecule has 2 N–H and O–H groups in total. The number of amides is 3. The van der Waals surface area contributed by atoms with E-state index in [0.29, 0.717) is 19.5 Å². The van der Waals surface area contributed by atoms with Gasteiger partial charge in [-0.15, -0.1) is 0 Å². The number of hydrogen-bond donors (Lipinski definition) is 2. The number of carbonyl (C=O) groups excluding carboxylic acids is 2. The van der Waals surface area contributed by atoms with Crippen LogP contribution in [0.5, 0.6) is 0 Å². The van der Waals surface area contributed by atoms with E-state index in [1.165, 1.54) is 0 Å². The van der Waals surface area contributed by atoms with Gasteiger partial charge >= 0.3 is 6.03 Å².